The van der Waals surface area contributed by atoms with E-state index < -0.39 is 10.0 Å². The summed E-state index contributed by atoms with van der Waals surface area (Å²) in [5.74, 6) is 0.301. The average Bonchev–Trinajstić information content (AvgIpc) is 2.91. The maximum absolute atomic E-state index is 13.6. The van der Waals surface area contributed by atoms with Crippen LogP contribution in [0.2, 0.25) is 0 Å². The third kappa shape index (κ3) is 4.97. The lowest BCUT2D eigenvalue weighted by molar-refractivity contribution is 0.152. The van der Waals surface area contributed by atoms with Gasteiger partial charge in [-0.2, -0.15) is 14.1 Å². The SMILES string of the molecule is O=c1c(OC2CCCCC2)c(N2CCN(S(=O)(=O)c3ccccc3)CC2)cnn1-c1ccccc1. The molecule has 0 bridgehead atoms. The van der Waals surface area contributed by atoms with Crippen molar-refractivity contribution in [1.82, 2.24) is 14.1 Å². The molecule has 2 heterocycles. The quantitative estimate of drug-likeness (QED) is 0.522. The lowest BCUT2D eigenvalue weighted by atomic mass is 9.98. The van der Waals surface area contributed by atoms with E-state index >= 15 is 0 Å². The molecule has 0 amide bonds. The Morgan fingerprint density at radius 1 is 0.829 bits per heavy atom. The number of hydrogen-bond donors (Lipinski definition) is 0. The summed E-state index contributed by atoms with van der Waals surface area (Å²) in [6.45, 7) is 1.54. The molecule has 0 unspecified atom stereocenters. The van der Waals surface area contributed by atoms with Gasteiger partial charge in [-0.3, -0.25) is 4.79 Å². The van der Waals surface area contributed by atoms with Crippen LogP contribution in [0.3, 0.4) is 0 Å². The van der Waals surface area contributed by atoms with Gasteiger partial charge in [0.1, 0.15) is 5.69 Å². The summed E-state index contributed by atoms with van der Waals surface area (Å²) in [6, 6.07) is 17.8. The first-order chi connectivity index (χ1) is 17.0. The van der Waals surface area contributed by atoms with E-state index in [4.69, 9.17) is 4.74 Å². The van der Waals surface area contributed by atoms with Crippen molar-refractivity contribution in [3.63, 3.8) is 0 Å². The van der Waals surface area contributed by atoms with Gasteiger partial charge in [-0.25, -0.2) is 8.42 Å². The van der Waals surface area contributed by atoms with Crippen LogP contribution in [0, 0.1) is 0 Å². The normalized spacial score (nSPS) is 17.9. The maximum atomic E-state index is 13.6. The Labute approximate surface area is 205 Å². The summed E-state index contributed by atoms with van der Waals surface area (Å²) in [6.07, 6.45) is 6.90. The van der Waals surface area contributed by atoms with Gasteiger partial charge in [0.15, 0.2) is 0 Å². The van der Waals surface area contributed by atoms with Crippen LogP contribution in [0.15, 0.2) is 76.6 Å². The van der Waals surface area contributed by atoms with Crippen LogP contribution in [-0.2, 0) is 10.0 Å². The van der Waals surface area contributed by atoms with E-state index in [0.717, 1.165) is 25.7 Å². The molecule has 1 saturated carbocycles. The van der Waals surface area contributed by atoms with Gasteiger partial charge in [-0.15, -0.1) is 0 Å². The van der Waals surface area contributed by atoms with Crippen LogP contribution in [0.1, 0.15) is 32.1 Å². The summed E-state index contributed by atoms with van der Waals surface area (Å²) in [5.41, 5.74) is 1.01. The standard InChI is InChI=1S/C26H30N4O4S/c31-26-25(34-22-12-6-2-7-13-22)24(20-27-30(26)21-10-4-1-5-11-21)28-16-18-29(19-17-28)35(32,33)23-14-8-3-9-15-23/h1,3-5,8-11,14-15,20,22H,2,6-7,12-13,16-19H2. The van der Waals surface area contributed by atoms with Gasteiger partial charge < -0.3 is 9.64 Å². The molecule has 1 aliphatic heterocycles. The van der Waals surface area contributed by atoms with Gasteiger partial charge in [-0.05, 0) is 49.9 Å². The molecule has 184 valence electrons. The Morgan fingerprint density at radius 2 is 1.46 bits per heavy atom. The fraction of sp³-hybridized carbons (Fsp3) is 0.385. The zero-order chi connectivity index (χ0) is 24.3. The zero-order valence-corrected chi connectivity index (χ0v) is 20.4. The molecule has 2 aromatic carbocycles. The summed E-state index contributed by atoms with van der Waals surface area (Å²) >= 11 is 0. The molecule has 35 heavy (non-hydrogen) atoms. The number of benzene rings is 2. The number of hydrogen-bond acceptors (Lipinski definition) is 6. The van der Waals surface area contributed by atoms with Gasteiger partial charge >= 0.3 is 5.56 Å². The first kappa shape index (κ1) is 23.6. The molecule has 2 fully saturated rings. The van der Waals surface area contributed by atoms with E-state index in [9.17, 15) is 13.2 Å². The topological polar surface area (TPSA) is 84.7 Å². The van der Waals surface area contributed by atoms with E-state index in [1.54, 1.807) is 36.5 Å². The molecule has 5 rings (SSSR count). The van der Waals surface area contributed by atoms with Crippen LogP contribution in [0.5, 0.6) is 5.75 Å². The van der Waals surface area contributed by atoms with Crippen LogP contribution in [0.25, 0.3) is 5.69 Å². The van der Waals surface area contributed by atoms with E-state index in [1.807, 2.05) is 35.2 Å². The smallest absolute Gasteiger partial charge is 0.316 e. The number of piperazine rings is 1. The fourth-order valence-corrected chi connectivity index (χ4v) is 6.22. The van der Waals surface area contributed by atoms with E-state index in [0.29, 0.717) is 48.2 Å². The maximum Gasteiger partial charge on any atom is 0.316 e. The largest absolute Gasteiger partial charge is 0.483 e. The Bertz CT molecular complexity index is 1300. The Balaban J connectivity index is 1.42. The third-order valence-electron chi connectivity index (χ3n) is 6.71. The lowest BCUT2D eigenvalue weighted by Gasteiger charge is -2.36. The van der Waals surface area contributed by atoms with Gasteiger partial charge in [0.25, 0.3) is 0 Å². The summed E-state index contributed by atoms with van der Waals surface area (Å²) < 4.78 is 35.3. The average molecular weight is 495 g/mol. The molecule has 0 spiro atoms. The van der Waals surface area contributed by atoms with Crippen molar-refractivity contribution >= 4 is 15.7 Å². The molecule has 3 aromatic rings. The highest BCUT2D eigenvalue weighted by atomic mass is 32.2. The van der Waals surface area contributed by atoms with Crippen LogP contribution >= 0.6 is 0 Å². The minimum atomic E-state index is -3.56. The lowest BCUT2D eigenvalue weighted by Crippen LogP contribution is -2.49. The number of aromatic nitrogens is 2. The number of sulfonamides is 1. The minimum Gasteiger partial charge on any atom is -0.483 e. The number of anilines is 1. The van der Waals surface area contributed by atoms with Crippen molar-refractivity contribution in [2.24, 2.45) is 0 Å². The molecule has 1 saturated heterocycles. The fourth-order valence-electron chi connectivity index (χ4n) is 4.78. The minimum absolute atomic E-state index is 0.00145. The molecule has 0 N–H and O–H groups in total. The molecule has 0 atom stereocenters. The number of ether oxygens (including phenoxy) is 1. The highest BCUT2D eigenvalue weighted by Gasteiger charge is 2.31. The first-order valence-corrected chi connectivity index (χ1v) is 13.6. The molecule has 1 aliphatic carbocycles. The molecular weight excluding hydrogens is 464 g/mol. The molecule has 0 radical (unpaired) electrons. The monoisotopic (exact) mass is 494 g/mol. The predicted octanol–water partition coefficient (Wildman–Crippen LogP) is 3.45. The third-order valence-corrected chi connectivity index (χ3v) is 8.63. The molecule has 2 aliphatic rings. The molecule has 8 nitrogen and oxygen atoms in total. The van der Waals surface area contributed by atoms with E-state index in [-0.39, 0.29) is 11.7 Å². The second-order valence-corrected chi connectivity index (χ2v) is 10.9. The Kier molecular flexibility index (Phi) is 6.88. The van der Waals surface area contributed by atoms with E-state index in [2.05, 4.69) is 5.10 Å². The summed E-state index contributed by atoms with van der Waals surface area (Å²) in [5, 5.41) is 4.44. The molecular formula is C26H30N4O4S. The highest BCUT2D eigenvalue weighted by Crippen LogP contribution is 2.30. The van der Waals surface area contributed by atoms with Crippen molar-refractivity contribution in [3.05, 3.63) is 77.2 Å². The highest BCUT2D eigenvalue weighted by molar-refractivity contribution is 7.89. The van der Waals surface area contributed by atoms with Gasteiger partial charge in [-0.1, -0.05) is 42.8 Å². The van der Waals surface area contributed by atoms with Crippen molar-refractivity contribution in [1.29, 1.82) is 0 Å². The van der Waals surface area contributed by atoms with Gasteiger partial charge in [0.05, 0.1) is 22.9 Å². The summed E-state index contributed by atoms with van der Waals surface area (Å²) in [4.78, 5) is 15.9. The second kappa shape index (κ2) is 10.2. The number of para-hydroxylation sites is 1. The van der Waals surface area contributed by atoms with Crippen molar-refractivity contribution in [2.75, 3.05) is 31.1 Å². The van der Waals surface area contributed by atoms with Gasteiger partial charge in [0, 0.05) is 26.2 Å². The molecule has 1 aromatic heterocycles. The van der Waals surface area contributed by atoms with Gasteiger partial charge in [0.2, 0.25) is 15.8 Å². The summed E-state index contributed by atoms with van der Waals surface area (Å²) in [7, 11) is -3.56. The zero-order valence-electron chi connectivity index (χ0n) is 19.6. The number of nitrogens with zero attached hydrogens (tertiary/aromatic N) is 4. The Morgan fingerprint density at radius 3 is 2.11 bits per heavy atom. The van der Waals surface area contributed by atoms with Crippen LogP contribution in [-0.4, -0.2) is 54.8 Å². The van der Waals surface area contributed by atoms with Crippen LogP contribution < -0.4 is 15.2 Å². The molecule has 9 heteroatoms. The second-order valence-electron chi connectivity index (χ2n) is 8.99. The van der Waals surface area contributed by atoms with Crippen molar-refractivity contribution in [2.45, 2.75) is 43.1 Å². The first-order valence-electron chi connectivity index (χ1n) is 12.2. The van der Waals surface area contributed by atoms with Crippen molar-refractivity contribution in [3.8, 4) is 11.4 Å². The van der Waals surface area contributed by atoms with E-state index in [1.165, 1.54) is 15.4 Å². The van der Waals surface area contributed by atoms with Crippen LogP contribution in [0.4, 0.5) is 5.69 Å². The van der Waals surface area contributed by atoms with Crippen molar-refractivity contribution < 1.29 is 13.2 Å². The predicted molar refractivity (Wildman–Crippen MR) is 135 cm³/mol. The number of rotatable bonds is 6. The Hall–Kier alpha value is -3.17.